The van der Waals surface area contributed by atoms with Gasteiger partial charge in [-0.15, -0.1) is 0 Å². The molecule has 1 heterocycles. The zero-order valence-electron chi connectivity index (χ0n) is 11.3. The van der Waals surface area contributed by atoms with Crippen LogP contribution in [0.25, 0.3) is 0 Å². The smallest absolute Gasteiger partial charge is 0.226 e. The van der Waals surface area contributed by atoms with Crippen molar-refractivity contribution in [3.63, 3.8) is 0 Å². The number of carbonyl (C=O) groups is 1. The maximum Gasteiger partial charge on any atom is 0.226 e. The van der Waals surface area contributed by atoms with Crippen molar-refractivity contribution in [2.75, 3.05) is 25.1 Å². The van der Waals surface area contributed by atoms with E-state index in [-0.39, 0.29) is 12.0 Å². The first-order chi connectivity index (χ1) is 9.78. The molecule has 1 aromatic rings. The third kappa shape index (κ3) is 4.65. The van der Waals surface area contributed by atoms with Gasteiger partial charge in [-0.3, -0.25) is 4.79 Å². The maximum absolute atomic E-state index is 11.7. The fourth-order valence-corrected chi connectivity index (χ4v) is 2.05. The lowest BCUT2D eigenvalue weighted by atomic mass is 10.2. The number of ether oxygens (including phenoxy) is 2. The fraction of sp³-hybridized carbons (Fsp3) is 0.467. The molecule has 0 bridgehead atoms. The van der Waals surface area contributed by atoms with Crippen LogP contribution in [0, 0.1) is 11.3 Å². The molecule has 5 nitrogen and oxygen atoms in total. The van der Waals surface area contributed by atoms with Gasteiger partial charge in [0, 0.05) is 12.3 Å². The molecule has 0 radical (unpaired) electrons. The van der Waals surface area contributed by atoms with Crippen LogP contribution in [-0.2, 0) is 14.3 Å². The SMILES string of the molecule is N#Cc1cccc(NC(=O)CCOCC2CCCO2)c1. The van der Waals surface area contributed by atoms with E-state index in [1.54, 1.807) is 24.3 Å². The first-order valence-electron chi connectivity index (χ1n) is 6.77. The molecule has 1 atom stereocenters. The van der Waals surface area contributed by atoms with Gasteiger partial charge in [-0.2, -0.15) is 5.26 Å². The third-order valence-electron chi connectivity index (χ3n) is 3.08. The summed E-state index contributed by atoms with van der Waals surface area (Å²) in [5.41, 5.74) is 1.16. The van der Waals surface area contributed by atoms with E-state index in [0.29, 0.717) is 30.9 Å². The molecule has 1 saturated heterocycles. The van der Waals surface area contributed by atoms with Crippen LogP contribution in [-0.4, -0.2) is 31.8 Å². The molecular weight excluding hydrogens is 256 g/mol. The molecule has 1 unspecified atom stereocenters. The Hall–Kier alpha value is -1.90. The summed E-state index contributed by atoms with van der Waals surface area (Å²) >= 11 is 0. The zero-order chi connectivity index (χ0) is 14.2. The second-order valence-electron chi connectivity index (χ2n) is 4.70. The van der Waals surface area contributed by atoms with Gasteiger partial charge in [0.05, 0.1) is 37.4 Å². The molecule has 1 amide bonds. The Labute approximate surface area is 118 Å². The number of anilines is 1. The Morgan fingerprint density at radius 2 is 2.45 bits per heavy atom. The van der Waals surface area contributed by atoms with Gasteiger partial charge in [0.1, 0.15) is 0 Å². The van der Waals surface area contributed by atoms with Crippen LogP contribution in [0.15, 0.2) is 24.3 Å². The number of hydrogen-bond acceptors (Lipinski definition) is 4. The summed E-state index contributed by atoms with van der Waals surface area (Å²) in [5.74, 6) is -0.118. The van der Waals surface area contributed by atoms with E-state index >= 15 is 0 Å². The summed E-state index contributed by atoms with van der Waals surface area (Å²) in [6, 6.07) is 8.87. The van der Waals surface area contributed by atoms with Gasteiger partial charge in [0.25, 0.3) is 0 Å². The van der Waals surface area contributed by atoms with E-state index < -0.39 is 0 Å². The lowest BCUT2D eigenvalue weighted by molar-refractivity contribution is -0.117. The lowest BCUT2D eigenvalue weighted by Crippen LogP contribution is -2.18. The van der Waals surface area contributed by atoms with E-state index in [1.807, 2.05) is 6.07 Å². The van der Waals surface area contributed by atoms with Crippen LogP contribution in [0.3, 0.4) is 0 Å². The summed E-state index contributed by atoms with van der Waals surface area (Å²) in [6.07, 6.45) is 2.60. The number of amides is 1. The molecule has 0 aliphatic carbocycles. The van der Waals surface area contributed by atoms with Crippen LogP contribution in [0.2, 0.25) is 0 Å². The highest BCUT2D eigenvalue weighted by Crippen LogP contribution is 2.12. The fourth-order valence-electron chi connectivity index (χ4n) is 2.05. The molecule has 5 heteroatoms. The van der Waals surface area contributed by atoms with Gasteiger partial charge in [-0.1, -0.05) is 6.07 Å². The molecule has 0 spiro atoms. The minimum absolute atomic E-state index is 0.118. The molecular formula is C15H18N2O3. The average Bonchev–Trinajstić information content (AvgIpc) is 2.97. The number of rotatable bonds is 6. The van der Waals surface area contributed by atoms with Crippen molar-refractivity contribution < 1.29 is 14.3 Å². The van der Waals surface area contributed by atoms with E-state index in [2.05, 4.69) is 5.32 Å². The molecule has 106 valence electrons. The molecule has 0 saturated carbocycles. The first kappa shape index (κ1) is 14.5. The molecule has 1 N–H and O–H groups in total. The monoisotopic (exact) mass is 274 g/mol. The van der Waals surface area contributed by atoms with Crippen LogP contribution < -0.4 is 5.32 Å². The van der Waals surface area contributed by atoms with Gasteiger partial charge in [0.15, 0.2) is 0 Å². The van der Waals surface area contributed by atoms with E-state index in [0.717, 1.165) is 19.4 Å². The molecule has 1 aromatic carbocycles. The van der Waals surface area contributed by atoms with Crippen LogP contribution in [0.1, 0.15) is 24.8 Å². The Morgan fingerprint density at radius 1 is 1.55 bits per heavy atom. The summed E-state index contributed by atoms with van der Waals surface area (Å²) in [5, 5.41) is 11.5. The lowest BCUT2D eigenvalue weighted by Gasteiger charge is -2.10. The van der Waals surface area contributed by atoms with Crippen molar-refractivity contribution in [3.05, 3.63) is 29.8 Å². The number of nitriles is 1. The highest BCUT2D eigenvalue weighted by Gasteiger charge is 2.15. The highest BCUT2D eigenvalue weighted by molar-refractivity contribution is 5.90. The van der Waals surface area contributed by atoms with E-state index in [4.69, 9.17) is 14.7 Å². The zero-order valence-corrected chi connectivity index (χ0v) is 11.3. The second kappa shape index (κ2) is 7.63. The standard InChI is InChI=1S/C15H18N2O3/c16-10-12-3-1-4-13(9-12)17-15(18)6-8-19-11-14-5-2-7-20-14/h1,3-4,9,14H,2,5-8,11H2,(H,17,18). The summed E-state index contributed by atoms with van der Waals surface area (Å²) in [6.45, 7) is 1.74. The highest BCUT2D eigenvalue weighted by atomic mass is 16.5. The van der Waals surface area contributed by atoms with Crippen LogP contribution in [0.5, 0.6) is 0 Å². The Balaban J connectivity index is 1.65. The normalized spacial score (nSPS) is 17.6. The van der Waals surface area contributed by atoms with Gasteiger partial charge < -0.3 is 14.8 Å². The van der Waals surface area contributed by atoms with Crippen molar-refractivity contribution in [2.45, 2.75) is 25.4 Å². The van der Waals surface area contributed by atoms with E-state index in [1.165, 1.54) is 0 Å². The maximum atomic E-state index is 11.7. The molecule has 2 rings (SSSR count). The summed E-state index contributed by atoms with van der Waals surface area (Å²) in [7, 11) is 0. The Morgan fingerprint density at radius 3 is 3.20 bits per heavy atom. The largest absolute Gasteiger partial charge is 0.378 e. The summed E-state index contributed by atoms with van der Waals surface area (Å²) < 4.78 is 10.9. The van der Waals surface area contributed by atoms with Gasteiger partial charge in [-0.25, -0.2) is 0 Å². The molecule has 20 heavy (non-hydrogen) atoms. The van der Waals surface area contributed by atoms with Gasteiger partial charge in [-0.05, 0) is 31.0 Å². The molecule has 1 aliphatic rings. The van der Waals surface area contributed by atoms with Crippen molar-refractivity contribution >= 4 is 11.6 Å². The number of nitrogens with one attached hydrogen (secondary N) is 1. The van der Waals surface area contributed by atoms with Crippen molar-refractivity contribution in [2.24, 2.45) is 0 Å². The predicted octanol–water partition coefficient (Wildman–Crippen LogP) is 2.08. The van der Waals surface area contributed by atoms with Gasteiger partial charge >= 0.3 is 0 Å². The van der Waals surface area contributed by atoms with Crippen molar-refractivity contribution in [1.82, 2.24) is 0 Å². The van der Waals surface area contributed by atoms with Gasteiger partial charge in [0.2, 0.25) is 5.91 Å². The topological polar surface area (TPSA) is 71.4 Å². The number of carbonyl (C=O) groups excluding carboxylic acids is 1. The van der Waals surface area contributed by atoms with Crippen LogP contribution in [0.4, 0.5) is 5.69 Å². The van der Waals surface area contributed by atoms with E-state index in [9.17, 15) is 4.79 Å². The third-order valence-corrected chi connectivity index (χ3v) is 3.08. The number of hydrogen-bond donors (Lipinski definition) is 1. The quantitative estimate of drug-likeness (QED) is 0.806. The average molecular weight is 274 g/mol. The molecule has 1 fully saturated rings. The molecule has 0 aromatic heterocycles. The van der Waals surface area contributed by atoms with Crippen molar-refractivity contribution in [3.8, 4) is 6.07 Å². The van der Waals surface area contributed by atoms with Crippen molar-refractivity contribution in [1.29, 1.82) is 5.26 Å². The first-order valence-corrected chi connectivity index (χ1v) is 6.77. The van der Waals surface area contributed by atoms with Crippen LogP contribution >= 0.6 is 0 Å². The second-order valence-corrected chi connectivity index (χ2v) is 4.70. The number of nitrogens with zero attached hydrogens (tertiary/aromatic N) is 1. The summed E-state index contributed by atoms with van der Waals surface area (Å²) in [4.78, 5) is 11.7. The minimum atomic E-state index is -0.118. The Kier molecular flexibility index (Phi) is 5.54. The Bertz CT molecular complexity index is 490. The number of benzene rings is 1. The predicted molar refractivity (Wildman–Crippen MR) is 74.2 cm³/mol. The molecule has 1 aliphatic heterocycles. The minimum Gasteiger partial charge on any atom is -0.378 e.